The number of rotatable bonds is 3. The second kappa shape index (κ2) is 6.97. The summed E-state index contributed by atoms with van der Waals surface area (Å²) in [5.74, 6) is -0.883. The molecule has 1 aliphatic carbocycles. The van der Waals surface area contributed by atoms with E-state index in [1.54, 1.807) is 30.3 Å². The molecule has 0 fully saturated rings. The Hall–Kier alpha value is -2.12. The van der Waals surface area contributed by atoms with Crippen LogP contribution in [0.25, 0.3) is 0 Å². The number of halogens is 3. The summed E-state index contributed by atoms with van der Waals surface area (Å²) in [6.07, 6.45) is 7.14. The van der Waals surface area contributed by atoms with Crippen molar-refractivity contribution in [3.8, 4) is 0 Å². The second-order valence-electron chi connectivity index (χ2n) is 5.08. The van der Waals surface area contributed by atoms with Gasteiger partial charge in [-0.15, -0.1) is 0 Å². The minimum atomic E-state index is -0.989. The quantitative estimate of drug-likeness (QED) is 0.687. The Bertz CT molecular complexity index is 726. The maximum atomic E-state index is 13.4. The maximum Gasteiger partial charge on any atom is 0.123 e. The molecule has 0 aromatic heterocycles. The summed E-state index contributed by atoms with van der Waals surface area (Å²) in [6.45, 7) is 0. The molecule has 4 heteroatoms. The third-order valence-electron chi connectivity index (χ3n) is 3.48. The van der Waals surface area contributed by atoms with Crippen molar-refractivity contribution >= 4 is 18.5 Å². The van der Waals surface area contributed by atoms with Crippen LogP contribution in [0.3, 0.4) is 0 Å². The van der Waals surface area contributed by atoms with Crippen molar-refractivity contribution < 1.29 is 13.2 Å². The van der Waals surface area contributed by atoms with Crippen molar-refractivity contribution in [2.45, 2.75) is 6.42 Å². The average Bonchev–Trinajstić information content (AvgIpc) is 2.76. The Labute approximate surface area is 134 Å². The summed E-state index contributed by atoms with van der Waals surface area (Å²) < 4.78 is 39.9. The van der Waals surface area contributed by atoms with Gasteiger partial charge >= 0.3 is 0 Å². The highest BCUT2D eigenvalue weighted by Gasteiger charge is 2.18. The van der Waals surface area contributed by atoms with Gasteiger partial charge in [0.25, 0.3) is 0 Å². The Morgan fingerprint density at radius 2 is 1.17 bits per heavy atom. The first kappa shape index (κ1) is 15.8. The van der Waals surface area contributed by atoms with Crippen LogP contribution in [0, 0.1) is 11.6 Å². The molecule has 1 aliphatic rings. The molecule has 0 N–H and O–H groups in total. The highest BCUT2D eigenvalue weighted by atomic mass is 31.1. The van der Waals surface area contributed by atoms with Gasteiger partial charge in [0.15, 0.2) is 0 Å². The Kier molecular flexibility index (Phi) is 4.78. The fraction of sp³-hybridized carbons (Fsp3) is 0.0526. The van der Waals surface area contributed by atoms with Gasteiger partial charge in [-0.3, -0.25) is 0 Å². The lowest BCUT2D eigenvalue weighted by Gasteiger charge is -2.20. The van der Waals surface area contributed by atoms with Gasteiger partial charge in [-0.05, 0) is 66.7 Å². The zero-order valence-electron chi connectivity index (χ0n) is 12.2. The first-order valence-electron chi connectivity index (χ1n) is 7.19. The molecule has 2 aromatic rings. The normalized spacial score (nSPS) is 14.4. The number of hydrogen-bond donors (Lipinski definition) is 0. The van der Waals surface area contributed by atoms with Gasteiger partial charge in [0.05, 0.1) is 0 Å². The smallest absolute Gasteiger partial charge is 0.123 e. The van der Waals surface area contributed by atoms with E-state index in [9.17, 15) is 13.2 Å². The van der Waals surface area contributed by atoms with Gasteiger partial charge in [0.2, 0.25) is 0 Å². The number of hydrogen-bond acceptors (Lipinski definition) is 0. The van der Waals surface area contributed by atoms with Crippen molar-refractivity contribution in [2.24, 2.45) is 0 Å². The highest BCUT2D eigenvalue weighted by molar-refractivity contribution is 7.77. The van der Waals surface area contributed by atoms with E-state index in [2.05, 4.69) is 0 Å². The zero-order valence-corrected chi connectivity index (χ0v) is 13.1. The predicted molar refractivity (Wildman–Crippen MR) is 90.0 cm³/mol. The van der Waals surface area contributed by atoms with Crippen LogP contribution < -0.4 is 10.6 Å². The van der Waals surface area contributed by atoms with Gasteiger partial charge in [0.1, 0.15) is 17.5 Å². The lowest BCUT2D eigenvalue weighted by atomic mass is 10.3. The van der Waals surface area contributed by atoms with Crippen LogP contribution in [0.15, 0.2) is 84.0 Å². The van der Waals surface area contributed by atoms with E-state index in [0.717, 1.165) is 15.9 Å². The van der Waals surface area contributed by atoms with Crippen LogP contribution in [0.4, 0.5) is 13.2 Å². The van der Waals surface area contributed by atoms with E-state index in [1.807, 2.05) is 6.08 Å². The van der Waals surface area contributed by atoms with Crippen LogP contribution in [0.5, 0.6) is 0 Å². The molecule has 0 heterocycles. The maximum absolute atomic E-state index is 13.4. The van der Waals surface area contributed by atoms with Crippen LogP contribution in [-0.4, -0.2) is 0 Å². The largest absolute Gasteiger partial charge is 0.207 e. The van der Waals surface area contributed by atoms with Crippen molar-refractivity contribution in [1.29, 1.82) is 0 Å². The lowest BCUT2D eigenvalue weighted by molar-refractivity contribution is 0.628. The van der Waals surface area contributed by atoms with Crippen molar-refractivity contribution in [3.63, 3.8) is 0 Å². The van der Waals surface area contributed by atoms with Crippen molar-refractivity contribution in [3.05, 3.63) is 95.6 Å². The van der Waals surface area contributed by atoms with Gasteiger partial charge in [-0.1, -0.05) is 36.4 Å². The SMILES string of the molecule is FC1=CCC=C(P(c2ccc(F)cc2)c2ccc(F)cc2)C=C1. The van der Waals surface area contributed by atoms with Crippen LogP contribution in [0.2, 0.25) is 0 Å². The van der Waals surface area contributed by atoms with Crippen LogP contribution in [-0.2, 0) is 0 Å². The fourth-order valence-corrected chi connectivity index (χ4v) is 4.69. The third-order valence-corrected chi connectivity index (χ3v) is 5.96. The van der Waals surface area contributed by atoms with Gasteiger partial charge in [0, 0.05) is 0 Å². The van der Waals surface area contributed by atoms with Crippen LogP contribution >= 0.6 is 7.92 Å². The van der Waals surface area contributed by atoms with E-state index >= 15 is 0 Å². The number of benzene rings is 2. The zero-order chi connectivity index (χ0) is 16.2. The topological polar surface area (TPSA) is 0 Å². The van der Waals surface area contributed by atoms with E-state index in [4.69, 9.17) is 0 Å². The first-order chi connectivity index (χ1) is 11.1. The summed E-state index contributed by atoms with van der Waals surface area (Å²) in [5, 5.41) is 2.83. The van der Waals surface area contributed by atoms with Gasteiger partial charge in [-0.2, -0.15) is 0 Å². The minimum absolute atomic E-state index is 0.274. The van der Waals surface area contributed by atoms with E-state index < -0.39 is 7.92 Å². The summed E-state index contributed by atoms with van der Waals surface area (Å²) in [7, 11) is -0.989. The summed E-state index contributed by atoms with van der Waals surface area (Å²) in [5.41, 5.74) is 0. The minimum Gasteiger partial charge on any atom is -0.207 e. The molecule has 0 spiro atoms. The molecule has 0 saturated carbocycles. The molecule has 0 saturated heterocycles. The van der Waals surface area contributed by atoms with Crippen LogP contribution in [0.1, 0.15) is 6.42 Å². The average molecular weight is 330 g/mol. The molecular formula is C19H14F3P. The van der Waals surface area contributed by atoms with Crippen molar-refractivity contribution in [2.75, 3.05) is 0 Å². The molecule has 2 aromatic carbocycles. The lowest BCUT2D eigenvalue weighted by Crippen LogP contribution is -2.13. The van der Waals surface area contributed by atoms with Crippen molar-refractivity contribution in [1.82, 2.24) is 0 Å². The second-order valence-corrected chi connectivity index (χ2v) is 7.30. The molecule has 0 amide bonds. The van der Waals surface area contributed by atoms with Gasteiger partial charge in [-0.25, -0.2) is 13.2 Å². The molecule has 0 radical (unpaired) electrons. The van der Waals surface area contributed by atoms with Gasteiger partial charge < -0.3 is 0 Å². The molecule has 0 unspecified atom stereocenters. The standard InChI is InChI=1S/C19H14F3P/c20-14-2-1-3-17(9-4-14)23(18-10-5-15(21)6-11-18)19-12-7-16(22)8-13-19/h2-13H,1H2. The molecular weight excluding hydrogens is 316 g/mol. The molecule has 0 atom stereocenters. The molecule has 0 bridgehead atoms. The van der Waals surface area contributed by atoms with E-state index in [0.29, 0.717) is 6.42 Å². The molecule has 0 aliphatic heterocycles. The number of allylic oxidation sites excluding steroid dienone is 6. The summed E-state index contributed by atoms with van der Waals surface area (Å²) in [4.78, 5) is 0. The molecule has 23 heavy (non-hydrogen) atoms. The highest BCUT2D eigenvalue weighted by Crippen LogP contribution is 2.44. The molecule has 0 nitrogen and oxygen atoms in total. The summed E-state index contributed by atoms with van der Waals surface area (Å²) >= 11 is 0. The fourth-order valence-electron chi connectivity index (χ4n) is 2.39. The van der Waals surface area contributed by atoms with E-state index in [1.165, 1.54) is 36.4 Å². The first-order valence-corrected chi connectivity index (χ1v) is 8.53. The molecule has 3 rings (SSSR count). The molecule has 116 valence electrons. The predicted octanol–water partition coefficient (Wildman–Crippen LogP) is 5.09. The Balaban J connectivity index is 2.06. The third kappa shape index (κ3) is 3.80. The Morgan fingerprint density at radius 1 is 0.652 bits per heavy atom. The summed E-state index contributed by atoms with van der Waals surface area (Å²) in [6, 6.07) is 12.6. The van der Waals surface area contributed by atoms with E-state index in [-0.39, 0.29) is 17.5 Å². The Morgan fingerprint density at radius 3 is 1.70 bits per heavy atom. The monoisotopic (exact) mass is 330 g/mol.